The molecular weight excluding hydrogens is 304 g/mol. The number of rotatable bonds is 2. The van der Waals surface area contributed by atoms with Crippen molar-refractivity contribution in [1.29, 1.82) is 0 Å². The van der Waals surface area contributed by atoms with Gasteiger partial charge in [0.2, 0.25) is 0 Å². The molecule has 0 aliphatic carbocycles. The lowest BCUT2D eigenvalue weighted by atomic mass is 10.0. The summed E-state index contributed by atoms with van der Waals surface area (Å²) in [5, 5.41) is 2.71. The van der Waals surface area contributed by atoms with Crippen molar-refractivity contribution in [3.8, 4) is 22.3 Å². The van der Waals surface area contributed by atoms with Gasteiger partial charge in [-0.05, 0) is 16.7 Å². The third-order valence-corrected chi connectivity index (χ3v) is 4.84. The van der Waals surface area contributed by atoms with Crippen LogP contribution in [0.3, 0.4) is 0 Å². The fourth-order valence-electron chi connectivity index (χ4n) is 2.70. The van der Waals surface area contributed by atoms with Crippen LogP contribution in [0.4, 0.5) is 0 Å². The van der Waals surface area contributed by atoms with Crippen LogP contribution in [0.1, 0.15) is 0 Å². The van der Waals surface area contributed by atoms with Crippen LogP contribution in [-0.4, -0.2) is 9.55 Å². The summed E-state index contributed by atoms with van der Waals surface area (Å²) in [6.07, 6.45) is 1.57. The van der Waals surface area contributed by atoms with Crippen LogP contribution in [0.5, 0.6) is 0 Å². The van der Waals surface area contributed by atoms with E-state index in [1.807, 2.05) is 23.6 Å². The molecule has 0 aliphatic heterocycles. The van der Waals surface area contributed by atoms with E-state index in [-0.39, 0.29) is 5.56 Å². The Bertz CT molecular complexity index is 1030. The molecule has 0 amide bonds. The lowest BCUT2D eigenvalue weighted by molar-refractivity contribution is 0.845. The van der Waals surface area contributed by atoms with Crippen molar-refractivity contribution in [2.24, 2.45) is 7.05 Å². The molecule has 3 nitrogen and oxygen atoms in total. The third kappa shape index (κ3) is 2.37. The van der Waals surface area contributed by atoms with Crippen LogP contribution in [0.2, 0.25) is 0 Å². The van der Waals surface area contributed by atoms with Gasteiger partial charge in [0.15, 0.2) is 0 Å². The first-order valence-electron chi connectivity index (χ1n) is 7.33. The molecule has 0 atom stereocenters. The summed E-state index contributed by atoms with van der Waals surface area (Å²) < 4.78 is 1.52. The van der Waals surface area contributed by atoms with Crippen molar-refractivity contribution >= 4 is 21.6 Å². The molecule has 112 valence electrons. The first kappa shape index (κ1) is 13.9. The van der Waals surface area contributed by atoms with Crippen molar-refractivity contribution in [2.45, 2.75) is 0 Å². The predicted octanol–water partition coefficient (Wildman–Crippen LogP) is 4.33. The van der Waals surface area contributed by atoms with E-state index in [1.165, 1.54) is 27.0 Å². The number of hydrogen-bond acceptors (Lipinski definition) is 3. The monoisotopic (exact) mass is 318 g/mol. The van der Waals surface area contributed by atoms with E-state index in [4.69, 9.17) is 0 Å². The first-order chi connectivity index (χ1) is 11.2. The maximum absolute atomic E-state index is 12.4. The van der Waals surface area contributed by atoms with Gasteiger partial charge in [-0.25, -0.2) is 4.98 Å². The van der Waals surface area contributed by atoms with E-state index in [9.17, 15) is 4.79 Å². The largest absolute Gasteiger partial charge is 0.302 e. The summed E-state index contributed by atoms with van der Waals surface area (Å²) >= 11 is 1.51. The maximum atomic E-state index is 12.4. The Morgan fingerprint density at radius 1 is 0.913 bits per heavy atom. The summed E-state index contributed by atoms with van der Waals surface area (Å²) in [5.41, 5.74) is 4.35. The Balaban J connectivity index is 1.83. The second-order valence-electron chi connectivity index (χ2n) is 5.43. The molecule has 0 unspecified atom stereocenters. The fraction of sp³-hybridized carbons (Fsp3) is 0.0526. The quantitative estimate of drug-likeness (QED) is 0.551. The van der Waals surface area contributed by atoms with Crippen LogP contribution >= 0.6 is 11.3 Å². The molecule has 0 saturated carbocycles. The summed E-state index contributed by atoms with van der Waals surface area (Å²) in [7, 11) is 1.73. The van der Waals surface area contributed by atoms with Crippen LogP contribution in [0, 0.1) is 0 Å². The SMILES string of the molecule is Cn1cnc2scc(-c3ccc(-c4ccccc4)cc3)c2c1=O. The highest BCUT2D eigenvalue weighted by Gasteiger charge is 2.12. The van der Waals surface area contributed by atoms with Gasteiger partial charge < -0.3 is 4.57 Å². The minimum absolute atomic E-state index is 0.00149. The van der Waals surface area contributed by atoms with E-state index < -0.39 is 0 Å². The second kappa shape index (κ2) is 5.48. The maximum Gasteiger partial charge on any atom is 0.262 e. The van der Waals surface area contributed by atoms with Gasteiger partial charge in [0, 0.05) is 18.0 Å². The number of aryl methyl sites for hydroxylation is 1. The van der Waals surface area contributed by atoms with Crippen molar-refractivity contribution in [1.82, 2.24) is 9.55 Å². The van der Waals surface area contributed by atoms with Gasteiger partial charge in [-0.1, -0.05) is 54.6 Å². The van der Waals surface area contributed by atoms with Crippen molar-refractivity contribution in [2.75, 3.05) is 0 Å². The van der Waals surface area contributed by atoms with Gasteiger partial charge in [-0.3, -0.25) is 4.79 Å². The Hall–Kier alpha value is -2.72. The van der Waals surface area contributed by atoms with Gasteiger partial charge in [0.05, 0.1) is 11.7 Å². The molecule has 4 rings (SSSR count). The van der Waals surface area contributed by atoms with E-state index in [2.05, 4.69) is 41.4 Å². The molecule has 0 saturated heterocycles. The highest BCUT2D eigenvalue weighted by atomic mass is 32.1. The molecule has 0 radical (unpaired) electrons. The van der Waals surface area contributed by atoms with E-state index in [0.717, 1.165) is 16.0 Å². The predicted molar refractivity (Wildman–Crippen MR) is 95.7 cm³/mol. The molecule has 2 aromatic carbocycles. The van der Waals surface area contributed by atoms with Crippen molar-refractivity contribution in [3.63, 3.8) is 0 Å². The average Bonchev–Trinajstić information content (AvgIpc) is 3.04. The summed E-state index contributed by atoms with van der Waals surface area (Å²) in [5.74, 6) is 0. The molecule has 23 heavy (non-hydrogen) atoms. The first-order valence-corrected chi connectivity index (χ1v) is 8.21. The molecular formula is C19H14N2OS. The smallest absolute Gasteiger partial charge is 0.262 e. The zero-order valence-corrected chi connectivity index (χ0v) is 13.4. The number of thiophene rings is 1. The van der Waals surface area contributed by atoms with Crippen molar-refractivity contribution in [3.05, 3.63) is 76.7 Å². The van der Waals surface area contributed by atoms with E-state index in [1.54, 1.807) is 13.4 Å². The molecule has 2 aromatic heterocycles. The summed E-state index contributed by atoms with van der Waals surface area (Å²) in [4.78, 5) is 17.5. The Kier molecular flexibility index (Phi) is 3.32. The van der Waals surface area contributed by atoms with Gasteiger partial charge in [-0.2, -0.15) is 0 Å². The number of hydrogen-bond donors (Lipinski definition) is 0. The molecule has 4 heteroatoms. The molecule has 2 heterocycles. The fourth-order valence-corrected chi connectivity index (χ4v) is 3.61. The van der Waals surface area contributed by atoms with Gasteiger partial charge >= 0.3 is 0 Å². The van der Waals surface area contributed by atoms with Gasteiger partial charge in [-0.15, -0.1) is 11.3 Å². The van der Waals surface area contributed by atoms with E-state index >= 15 is 0 Å². The number of aromatic nitrogens is 2. The van der Waals surface area contributed by atoms with Gasteiger partial charge in [0.1, 0.15) is 4.83 Å². The average molecular weight is 318 g/mol. The van der Waals surface area contributed by atoms with Crippen LogP contribution in [0.25, 0.3) is 32.5 Å². The molecule has 0 N–H and O–H groups in total. The van der Waals surface area contributed by atoms with Gasteiger partial charge in [0.25, 0.3) is 5.56 Å². The lowest BCUT2D eigenvalue weighted by Crippen LogP contribution is -2.16. The third-order valence-electron chi connectivity index (χ3n) is 3.96. The Morgan fingerprint density at radius 3 is 2.30 bits per heavy atom. The molecule has 0 fully saturated rings. The standard InChI is InChI=1S/C19H14N2OS/c1-21-12-20-18-17(19(21)22)16(11-23-18)15-9-7-14(8-10-15)13-5-3-2-4-6-13/h2-12H,1H3. The normalized spacial score (nSPS) is 11.0. The topological polar surface area (TPSA) is 34.9 Å². The van der Waals surface area contributed by atoms with Crippen molar-refractivity contribution < 1.29 is 0 Å². The highest BCUT2D eigenvalue weighted by Crippen LogP contribution is 2.31. The Labute approximate surface area is 137 Å². The number of fused-ring (bicyclic) bond motifs is 1. The number of benzene rings is 2. The minimum Gasteiger partial charge on any atom is -0.302 e. The Morgan fingerprint density at radius 2 is 1.57 bits per heavy atom. The zero-order chi connectivity index (χ0) is 15.8. The zero-order valence-electron chi connectivity index (χ0n) is 12.6. The van der Waals surface area contributed by atoms with Crippen LogP contribution < -0.4 is 5.56 Å². The van der Waals surface area contributed by atoms with Crippen LogP contribution in [-0.2, 0) is 7.05 Å². The minimum atomic E-state index is -0.00149. The second-order valence-corrected chi connectivity index (χ2v) is 6.29. The summed E-state index contributed by atoms with van der Waals surface area (Å²) in [6.45, 7) is 0. The molecule has 0 spiro atoms. The highest BCUT2D eigenvalue weighted by molar-refractivity contribution is 7.17. The lowest BCUT2D eigenvalue weighted by Gasteiger charge is -2.04. The van der Waals surface area contributed by atoms with Crippen LogP contribution in [0.15, 0.2) is 71.1 Å². The number of nitrogens with zero attached hydrogens (tertiary/aromatic N) is 2. The summed E-state index contributed by atoms with van der Waals surface area (Å²) in [6, 6.07) is 18.6. The van der Waals surface area contributed by atoms with E-state index in [0.29, 0.717) is 5.39 Å². The molecule has 0 bridgehead atoms. The molecule has 0 aliphatic rings. The molecule has 4 aromatic rings.